The van der Waals surface area contributed by atoms with E-state index >= 15 is 0 Å². The molecule has 0 fully saturated rings. The van der Waals surface area contributed by atoms with E-state index in [1.807, 2.05) is 44.3 Å². The van der Waals surface area contributed by atoms with Crippen LogP contribution in [0.2, 0.25) is 0 Å². The molecular formula is C14H15NO2. The van der Waals surface area contributed by atoms with Gasteiger partial charge in [-0.2, -0.15) is 0 Å². The summed E-state index contributed by atoms with van der Waals surface area (Å²) in [6.45, 7) is 4.63. The van der Waals surface area contributed by atoms with Gasteiger partial charge in [-0.1, -0.05) is 29.8 Å². The lowest BCUT2D eigenvalue weighted by molar-refractivity contribution is 0.0685. The van der Waals surface area contributed by atoms with Crippen molar-refractivity contribution in [1.82, 2.24) is 4.57 Å². The van der Waals surface area contributed by atoms with Crippen molar-refractivity contribution in [3.8, 4) is 11.1 Å². The molecule has 3 nitrogen and oxygen atoms in total. The first-order chi connectivity index (χ1) is 8.11. The minimum Gasteiger partial charge on any atom is -0.477 e. The second-order valence-corrected chi connectivity index (χ2v) is 4.07. The number of benzene rings is 1. The minimum atomic E-state index is -0.884. The van der Waals surface area contributed by atoms with Crippen molar-refractivity contribution in [3.63, 3.8) is 0 Å². The molecule has 0 spiro atoms. The molecule has 1 aromatic heterocycles. The van der Waals surface area contributed by atoms with Gasteiger partial charge in [0.25, 0.3) is 0 Å². The molecule has 0 bridgehead atoms. The highest BCUT2D eigenvalue weighted by molar-refractivity contribution is 5.88. The Balaban J connectivity index is 2.46. The Bertz CT molecular complexity index is 538. The smallest absolute Gasteiger partial charge is 0.352 e. The predicted molar refractivity (Wildman–Crippen MR) is 67.2 cm³/mol. The quantitative estimate of drug-likeness (QED) is 0.878. The second kappa shape index (κ2) is 4.45. The van der Waals surface area contributed by atoms with Crippen LogP contribution in [0.4, 0.5) is 0 Å². The Labute approximate surface area is 100 Å². The zero-order valence-corrected chi connectivity index (χ0v) is 9.97. The number of aromatic carboxylic acids is 1. The Kier molecular flexibility index (Phi) is 3.00. The van der Waals surface area contributed by atoms with Gasteiger partial charge in [0.05, 0.1) is 0 Å². The normalized spacial score (nSPS) is 10.5. The van der Waals surface area contributed by atoms with E-state index in [0.29, 0.717) is 12.2 Å². The number of hydrogen-bond acceptors (Lipinski definition) is 1. The fraction of sp³-hybridized carbons (Fsp3) is 0.214. The molecule has 0 aliphatic rings. The van der Waals surface area contributed by atoms with E-state index in [2.05, 4.69) is 0 Å². The fourth-order valence-corrected chi connectivity index (χ4v) is 1.86. The van der Waals surface area contributed by atoms with Crippen molar-refractivity contribution in [2.24, 2.45) is 0 Å². The van der Waals surface area contributed by atoms with Gasteiger partial charge in [0, 0.05) is 18.3 Å². The minimum absolute atomic E-state index is 0.336. The summed E-state index contributed by atoms with van der Waals surface area (Å²) in [6, 6.07) is 9.79. The van der Waals surface area contributed by atoms with Crippen molar-refractivity contribution in [3.05, 3.63) is 47.8 Å². The molecule has 0 radical (unpaired) electrons. The van der Waals surface area contributed by atoms with Crippen LogP contribution in [-0.2, 0) is 6.54 Å². The number of carboxylic acids is 1. The van der Waals surface area contributed by atoms with E-state index in [9.17, 15) is 4.79 Å². The van der Waals surface area contributed by atoms with Gasteiger partial charge in [0.1, 0.15) is 5.69 Å². The summed E-state index contributed by atoms with van der Waals surface area (Å²) < 4.78 is 1.75. The predicted octanol–water partition coefficient (Wildman–Crippen LogP) is 3.18. The first-order valence-electron chi connectivity index (χ1n) is 5.62. The number of hydrogen-bond donors (Lipinski definition) is 1. The largest absolute Gasteiger partial charge is 0.477 e. The molecule has 1 heterocycles. The Morgan fingerprint density at radius 3 is 2.35 bits per heavy atom. The summed E-state index contributed by atoms with van der Waals surface area (Å²) >= 11 is 0. The highest BCUT2D eigenvalue weighted by Gasteiger charge is 2.12. The van der Waals surface area contributed by atoms with Crippen molar-refractivity contribution < 1.29 is 9.90 Å². The molecule has 1 N–H and O–H groups in total. The van der Waals surface area contributed by atoms with Gasteiger partial charge in [0.15, 0.2) is 0 Å². The van der Waals surface area contributed by atoms with Crippen LogP contribution in [0.1, 0.15) is 23.0 Å². The molecule has 88 valence electrons. The molecule has 3 heteroatoms. The van der Waals surface area contributed by atoms with Crippen LogP contribution >= 0.6 is 0 Å². The van der Waals surface area contributed by atoms with Crippen LogP contribution in [-0.4, -0.2) is 15.6 Å². The van der Waals surface area contributed by atoms with Crippen molar-refractivity contribution >= 4 is 5.97 Å². The molecule has 0 saturated carbocycles. The zero-order valence-electron chi connectivity index (χ0n) is 9.97. The average molecular weight is 229 g/mol. The molecule has 1 aromatic carbocycles. The van der Waals surface area contributed by atoms with Gasteiger partial charge in [-0.3, -0.25) is 0 Å². The highest BCUT2D eigenvalue weighted by atomic mass is 16.4. The first-order valence-corrected chi connectivity index (χ1v) is 5.62. The Morgan fingerprint density at radius 2 is 1.88 bits per heavy atom. The molecule has 17 heavy (non-hydrogen) atoms. The van der Waals surface area contributed by atoms with Gasteiger partial charge in [-0.15, -0.1) is 0 Å². The van der Waals surface area contributed by atoms with Crippen LogP contribution in [0.5, 0.6) is 0 Å². The Morgan fingerprint density at radius 1 is 1.24 bits per heavy atom. The molecule has 0 atom stereocenters. The van der Waals surface area contributed by atoms with Gasteiger partial charge >= 0.3 is 5.97 Å². The maximum Gasteiger partial charge on any atom is 0.352 e. The monoisotopic (exact) mass is 229 g/mol. The van der Waals surface area contributed by atoms with Crippen molar-refractivity contribution in [2.45, 2.75) is 20.4 Å². The summed E-state index contributed by atoms with van der Waals surface area (Å²) in [6.07, 6.45) is 1.88. The van der Waals surface area contributed by atoms with Crippen molar-refractivity contribution in [2.75, 3.05) is 0 Å². The van der Waals surface area contributed by atoms with E-state index < -0.39 is 5.97 Å². The third-order valence-corrected chi connectivity index (χ3v) is 2.84. The van der Waals surface area contributed by atoms with E-state index in [4.69, 9.17) is 5.11 Å². The van der Waals surface area contributed by atoms with Crippen LogP contribution in [0.15, 0.2) is 36.5 Å². The van der Waals surface area contributed by atoms with E-state index in [1.165, 1.54) is 5.56 Å². The number of aromatic nitrogens is 1. The molecule has 0 aliphatic heterocycles. The van der Waals surface area contributed by atoms with Gasteiger partial charge in [-0.25, -0.2) is 4.79 Å². The molecule has 2 rings (SSSR count). The molecule has 2 aromatic rings. The zero-order chi connectivity index (χ0) is 12.4. The van der Waals surface area contributed by atoms with Gasteiger partial charge < -0.3 is 9.67 Å². The summed E-state index contributed by atoms with van der Waals surface area (Å²) in [5.74, 6) is -0.884. The summed E-state index contributed by atoms with van der Waals surface area (Å²) in [5, 5.41) is 9.08. The number of rotatable bonds is 3. The molecule has 0 aliphatic carbocycles. The summed E-state index contributed by atoms with van der Waals surface area (Å²) in [5.41, 5.74) is 3.53. The Hall–Kier alpha value is -2.03. The van der Waals surface area contributed by atoms with E-state index in [-0.39, 0.29) is 0 Å². The average Bonchev–Trinajstić information content (AvgIpc) is 2.74. The SMILES string of the molecule is CCn1cc(-c2ccc(C)cc2)cc1C(=O)O. The first kappa shape index (κ1) is 11.5. The van der Waals surface area contributed by atoms with Gasteiger partial charge in [-0.05, 0) is 25.5 Å². The lowest BCUT2D eigenvalue weighted by Crippen LogP contribution is -2.05. The van der Waals surface area contributed by atoms with Crippen LogP contribution < -0.4 is 0 Å². The summed E-state index contributed by atoms with van der Waals surface area (Å²) in [4.78, 5) is 11.1. The van der Waals surface area contributed by atoms with Crippen LogP contribution in [0.25, 0.3) is 11.1 Å². The molecule has 0 unspecified atom stereocenters. The molecular weight excluding hydrogens is 214 g/mol. The lowest BCUT2D eigenvalue weighted by Gasteiger charge is -2.00. The fourth-order valence-electron chi connectivity index (χ4n) is 1.86. The number of carboxylic acid groups (broad SMARTS) is 1. The number of carbonyl (C=O) groups is 1. The van der Waals surface area contributed by atoms with Gasteiger partial charge in [0.2, 0.25) is 0 Å². The third-order valence-electron chi connectivity index (χ3n) is 2.84. The molecule has 0 amide bonds. The van der Waals surface area contributed by atoms with Crippen LogP contribution in [0.3, 0.4) is 0 Å². The van der Waals surface area contributed by atoms with E-state index in [0.717, 1.165) is 11.1 Å². The lowest BCUT2D eigenvalue weighted by atomic mass is 10.1. The summed E-state index contributed by atoms with van der Waals surface area (Å²) in [7, 11) is 0. The standard InChI is InChI=1S/C14H15NO2/c1-3-15-9-12(8-13(15)14(16)17)11-6-4-10(2)5-7-11/h4-9H,3H2,1-2H3,(H,16,17). The second-order valence-electron chi connectivity index (χ2n) is 4.07. The topological polar surface area (TPSA) is 42.2 Å². The van der Waals surface area contributed by atoms with E-state index in [1.54, 1.807) is 10.6 Å². The van der Waals surface area contributed by atoms with Crippen LogP contribution in [0, 0.1) is 6.92 Å². The molecule has 0 saturated heterocycles. The maximum atomic E-state index is 11.1. The number of nitrogens with zero attached hydrogens (tertiary/aromatic N) is 1. The maximum absolute atomic E-state index is 11.1. The van der Waals surface area contributed by atoms with Crippen molar-refractivity contribution in [1.29, 1.82) is 0 Å². The number of aryl methyl sites for hydroxylation is 2. The highest BCUT2D eigenvalue weighted by Crippen LogP contribution is 2.22. The third kappa shape index (κ3) is 2.23.